The first-order valence-corrected chi connectivity index (χ1v) is 10.8. The van der Waals surface area contributed by atoms with Crippen molar-refractivity contribution in [1.29, 1.82) is 0 Å². The van der Waals surface area contributed by atoms with Gasteiger partial charge in [-0.25, -0.2) is 23.1 Å². The van der Waals surface area contributed by atoms with Crippen molar-refractivity contribution in [3.05, 3.63) is 40.6 Å². The molecule has 0 bridgehead atoms. The molecule has 140 valence electrons. The van der Waals surface area contributed by atoms with Gasteiger partial charge < -0.3 is 10.2 Å². The van der Waals surface area contributed by atoms with Gasteiger partial charge in [0.1, 0.15) is 17.5 Å². The van der Waals surface area contributed by atoms with Crippen LogP contribution >= 0.6 is 15.9 Å². The lowest BCUT2D eigenvalue weighted by Crippen LogP contribution is -2.29. The highest BCUT2D eigenvalue weighted by Gasteiger charge is 2.15. The number of rotatable bonds is 7. The Morgan fingerprint density at radius 1 is 1.12 bits per heavy atom. The maximum Gasteiger partial charge on any atom is 0.240 e. The van der Waals surface area contributed by atoms with Gasteiger partial charge in [-0.2, -0.15) is 0 Å². The Bertz CT molecular complexity index is 852. The monoisotopic (exact) mass is 439 g/mol. The molecule has 0 aliphatic carbocycles. The van der Waals surface area contributed by atoms with Crippen LogP contribution in [0.25, 0.3) is 0 Å². The van der Waals surface area contributed by atoms with E-state index in [2.05, 4.69) is 40.8 Å². The zero-order valence-electron chi connectivity index (χ0n) is 14.6. The molecule has 0 unspecified atom stereocenters. The van der Waals surface area contributed by atoms with E-state index in [-0.39, 0.29) is 11.4 Å². The number of benzene rings is 1. The van der Waals surface area contributed by atoms with Gasteiger partial charge >= 0.3 is 0 Å². The maximum absolute atomic E-state index is 12.3. The van der Waals surface area contributed by atoms with E-state index < -0.39 is 10.0 Å². The van der Waals surface area contributed by atoms with E-state index in [0.29, 0.717) is 18.2 Å². The van der Waals surface area contributed by atoms with Crippen LogP contribution in [0.3, 0.4) is 0 Å². The molecule has 1 aliphatic heterocycles. The van der Waals surface area contributed by atoms with E-state index in [0.717, 1.165) is 23.4 Å². The summed E-state index contributed by atoms with van der Waals surface area (Å²) >= 11 is 3.30. The summed E-state index contributed by atoms with van der Waals surface area (Å²) in [5.74, 6) is 2.34. The Morgan fingerprint density at radius 3 is 2.50 bits per heavy atom. The molecule has 3 rings (SSSR count). The number of nitrogens with one attached hydrogen (secondary N) is 2. The van der Waals surface area contributed by atoms with Crippen molar-refractivity contribution in [1.82, 2.24) is 14.7 Å². The molecule has 1 aromatic heterocycles. The zero-order chi connectivity index (χ0) is 18.6. The lowest BCUT2D eigenvalue weighted by atomic mass is 10.4. The van der Waals surface area contributed by atoms with Crippen LogP contribution in [-0.4, -0.2) is 44.6 Å². The molecule has 0 atom stereocenters. The summed E-state index contributed by atoms with van der Waals surface area (Å²) in [4.78, 5) is 11.4. The molecule has 0 amide bonds. The molecule has 2 N–H and O–H groups in total. The molecule has 9 heteroatoms. The average molecular weight is 440 g/mol. The second-order valence-corrected chi connectivity index (χ2v) is 8.81. The summed E-state index contributed by atoms with van der Waals surface area (Å²) < 4.78 is 27.9. The third-order valence-corrected chi connectivity index (χ3v) is 6.11. The Balaban J connectivity index is 1.55. The smallest absolute Gasteiger partial charge is 0.240 e. The Labute approximate surface area is 162 Å². The van der Waals surface area contributed by atoms with Crippen LogP contribution in [0.15, 0.2) is 39.7 Å². The molecule has 1 fully saturated rings. The number of hydrogen-bond acceptors (Lipinski definition) is 6. The van der Waals surface area contributed by atoms with Crippen LogP contribution in [0.5, 0.6) is 0 Å². The number of hydrogen-bond donors (Lipinski definition) is 2. The first-order valence-electron chi connectivity index (χ1n) is 8.54. The van der Waals surface area contributed by atoms with Crippen molar-refractivity contribution in [3.8, 4) is 0 Å². The van der Waals surface area contributed by atoms with Crippen LogP contribution in [0.4, 0.5) is 11.6 Å². The summed E-state index contributed by atoms with van der Waals surface area (Å²) in [5.41, 5.74) is 0. The zero-order valence-corrected chi connectivity index (χ0v) is 17.0. The topological polar surface area (TPSA) is 87.2 Å². The third-order valence-electron chi connectivity index (χ3n) is 4.10. The average Bonchev–Trinajstić information content (AvgIpc) is 3.13. The fraction of sp³-hybridized carbons (Fsp3) is 0.412. The van der Waals surface area contributed by atoms with Gasteiger partial charge in [-0.15, -0.1) is 0 Å². The molecule has 2 heterocycles. The van der Waals surface area contributed by atoms with Crippen LogP contribution in [0, 0.1) is 6.92 Å². The Morgan fingerprint density at radius 2 is 1.81 bits per heavy atom. The van der Waals surface area contributed by atoms with E-state index in [1.807, 2.05) is 13.0 Å². The fourth-order valence-corrected chi connectivity index (χ4v) is 4.12. The minimum atomic E-state index is -3.51. The van der Waals surface area contributed by atoms with Crippen molar-refractivity contribution < 1.29 is 8.42 Å². The lowest BCUT2D eigenvalue weighted by Gasteiger charge is -2.17. The van der Waals surface area contributed by atoms with E-state index in [1.54, 1.807) is 24.3 Å². The third kappa shape index (κ3) is 4.93. The summed E-state index contributed by atoms with van der Waals surface area (Å²) in [7, 11) is -3.51. The highest BCUT2D eigenvalue weighted by molar-refractivity contribution is 9.10. The molecule has 0 radical (unpaired) electrons. The van der Waals surface area contributed by atoms with E-state index in [4.69, 9.17) is 0 Å². The van der Waals surface area contributed by atoms with Crippen LogP contribution in [-0.2, 0) is 10.0 Å². The standard InChI is InChI=1S/C17H22BrN5O2S/c1-13-21-16(12-17(22-13)23-10-2-3-11-23)19-8-9-20-26(24,25)15-6-4-14(18)5-7-15/h4-7,12,20H,2-3,8-11H2,1H3,(H,19,21,22). The number of aromatic nitrogens is 2. The fourth-order valence-electron chi connectivity index (χ4n) is 2.82. The molecular formula is C17H22BrN5O2S. The maximum atomic E-state index is 12.3. The van der Waals surface area contributed by atoms with E-state index in [1.165, 1.54) is 12.8 Å². The number of sulfonamides is 1. The molecule has 0 saturated carbocycles. The van der Waals surface area contributed by atoms with E-state index >= 15 is 0 Å². The van der Waals surface area contributed by atoms with Gasteiger partial charge in [0, 0.05) is 36.7 Å². The molecule has 7 nitrogen and oxygen atoms in total. The van der Waals surface area contributed by atoms with Crippen LogP contribution in [0.1, 0.15) is 18.7 Å². The highest BCUT2D eigenvalue weighted by atomic mass is 79.9. The largest absolute Gasteiger partial charge is 0.369 e. The Hall–Kier alpha value is -1.71. The van der Waals surface area contributed by atoms with Crippen molar-refractivity contribution in [2.45, 2.75) is 24.7 Å². The SMILES string of the molecule is Cc1nc(NCCNS(=O)(=O)c2ccc(Br)cc2)cc(N2CCCC2)n1. The molecule has 26 heavy (non-hydrogen) atoms. The quantitative estimate of drug-likeness (QED) is 0.644. The van der Waals surface area contributed by atoms with Gasteiger partial charge in [0.2, 0.25) is 10.0 Å². The molecule has 1 saturated heterocycles. The first-order chi connectivity index (χ1) is 12.4. The summed E-state index contributed by atoms with van der Waals surface area (Å²) in [5, 5.41) is 3.17. The lowest BCUT2D eigenvalue weighted by molar-refractivity contribution is 0.583. The van der Waals surface area contributed by atoms with Gasteiger partial charge in [-0.05, 0) is 44.0 Å². The highest BCUT2D eigenvalue weighted by Crippen LogP contribution is 2.20. The Kier molecular flexibility index (Phi) is 6.10. The van der Waals surface area contributed by atoms with Crippen LogP contribution in [0.2, 0.25) is 0 Å². The predicted molar refractivity (Wildman–Crippen MR) is 106 cm³/mol. The molecular weight excluding hydrogens is 418 g/mol. The van der Waals surface area contributed by atoms with E-state index in [9.17, 15) is 8.42 Å². The molecule has 1 aromatic carbocycles. The van der Waals surface area contributed by atoms with Gasteiger partial charge in [0.15, 0.2) is 0 Å². The molecule has 1 aliphatic rings. The van der Waals surface area contributed by atoms with Gasteiger partial charge in [0.05, 0.1) is 4.90 Å². The van der Waals surface area contributed by atoms with Crippen LogP contribution < -0.4 is 14.9 Å². The second kappa shape index (κ2) is 8.32. The minimum absolute atomic E-state index is 0.245. The van der Waals surface area contributed by atoms with Crippen molar-refractivity contribution in [2.75, 3.05) is 36.4 Å². The summed E-state index contributed by atoms with van der Waals surface area (Å²) in [6.45, 7) is 4.60. The van der Waals surface area contributed by atoms with Gasteiger partial charge in [-0.3, -0.25) is 0 Å². The van der Waals surface area contributed by atoms with Crippen molar-refractivity contribution >= 4 is 37.6 Å². The number of anilines is 2. The summed E-state index contributed by atoms with van der Waals surface area (Å²) in [6.07, 6.45) is 2.37. The number of aryl methyl sites for hydroxylation is 1. The van der Waals surface area contributed by atoms with Gasteiger partial charge in [-0.1, -0.05) is 15.9 Å². The molecule has 2 aromatic rings. The van der Waals surface area contributed by atoms with Crippen molar-refractivity contribution in [3.63, 3.8) is 0 Å². The van der Waals surface area contributed by atoms with Crippen molar-refractivity contribution in [2.24, 2.45) is 0 Å². The molecule has 0 spiro atoms. The second-order valence-electron chi connectivity index (χ2n) is 6.13. The number of halogens is 1. The summed E-state index contributed by atoms with van der Waals surface area (Å²) in [6, 6.07) is 8.46. The predicted octanol–water partition coefficient (Wildman–Crippen LogP) is 2.54. The van der Waals surface area contributed by atoms with Gasteiger partial charge in [0.25, 0.3) is 0 Å². The normalized spacial score (nSPS) is 14.6. The first kappa shape index (κ1) is 19.1. The number of nitrogens with zero attached hydrogens (tertiary/aromatic N) is 3. The minimum Gasteiger partial charge on any atom is -0.369 e.